The Balaban J connectivity index is 1.58. The summed E-state index contributed by atoms with van der Waals surface area (Å²) >= 11 is 6.45. The van der Waals surface area contributed by atoms with Gasteiger partial charge in [-0.15, -0.1) is 0 Å². The van der Waals surface area contributed by atoms with Gasteiger partial charge in [0.2, 0.25) is 0 Å². The third kappa shape index (κ3) is 6.59. The Kier molecular flexibility index (Phi) is 9.22. The first-order valence-corrected chi connectivity index (χ1v) is 12.9. The Hall–Kier alpha value is -4.30. The Morgan fingerprint density at radius 1 is 0.923 bits per heavy atom. The molecule has 202 valence electrons. The summed E-state index contributed by atoms with van der Waals surface area (Å²) in [5.74, 6) is 0.713. The predicted octanol–water partition coefficient (Wildman–Crippen LogP) is 7.28. The molecular formula is C30H29ClN2O6. The van der Waals surface area contributed by atoms with Crippen LogP contribution in [0.2, 0.25) is 5.02 Å². The summed E-state index contributed by atoms with van der Waals surface area (Å²) < 4.78 is 22.1. The second-order valence-electron chi connectivity index (χ2n) is 8.51. The monoisotopic (exact) mass is 548 g/mol. The summed E-state index contributed by atoms with van der Waals surface area (Å²) in [6.07, 6.45) is -0.455. The number of carbonyl (C=O) groups excluding carboxylic acids is 2. The molecule has 9 heteroatoms. The largest absolute Gasteiger partial charge is 0.489 e. The van der Waals surface area contributed by atoms with Crippen LogP contribution < -0.4 is 9.64 Å². The Bertz CT molecular complexity index is 1430. The van der Waals surface area contributed by atoms with Gasteiger partial charge >= 0.3 is 12.1 Å². The molecule has 4 rings (SSSR count). The molecule has 0 N–H and O–H groups in total. The van der Waals surface area contributed by atoms with Crippen LogP contribution >= 0.6 is 11.6 Å². The van der Waals surface area contributed by atoms with Crippen LogP contribution in [0.4, 0.5) is 16.2 Å². The van der Waals surface area contributed by atoms with Crippen molar-refractivity contribution >= 4 is 35.0 Å². The topological polar surface area (TPSA) is 91.1 Å². The van der Waals surface area contributed by atoms with Crippen LogP contribution in [0.5, 0.6) is 5.75 Å². The van der Waals surface area contributed by atoms with Gasteiger partial charge in [-0.3, -0.25) is 4.79 Å². The van der Waals surface area contributed by atoms with Crippen LogP contribution in [0.25, 0.3) is 11.3 Å². The highest BCUT2D eigenvalue weighted by Gasteiger charge is 2.30. The number of aryl methyl sites for hydroxylation is 1. The lowest BCUT2D eigenvalue weighted by atomic mass is 10.1. The molecule has 1 heterocycles. The molecule has 4 aromatic rings. The summed E-state index contributed by atoms with van der Waals surface area (Å²) in [5, 5.41) is 4.51. The number of hydrogen-bond donors (Lipinski definition) is 0. The first kappa shape index (κ1) is 27.7. The fraction of sp³-hybridized carbons (Fsp3) is 0.233. The number of esters is 1. The van der Waals surface area contributed by atoms with Crippen LogP contribution in [0.1, 0.15) is 30.7 Å². The molecule has 0 aliphatic rings. The standard InChI is InChI=1S/C30H29ClN2O6/c1-4-36-27(34)18-23-10-6-9-13-26(23)38-19-21-14-16-22(17-15-21)29-28(20(3)32-39-29)33(30(35)37-5-2)25-12-8-7-11-24(25)31/h6-17H,4-5,18-19H2,1-3H3. The van der Waals surface area contributed by atoms with Gasteiger partial charge in [0.1, 0.15) is 23.7 Å². The molecule has 0 atom stereocenters. The number of carbonyl (C=O) groups is 2. The van der Waals surface area contributed by atoms with Crippen molar-refractivity contribution in [1.82, 2.24) is 5.16 Å². The van der Waals surface area contributed by atoms with E-state index in [2.05, 4.69) is 5.16 Å². The molecule has 0 saturated carbocycles. The molecule has 0 bridgehead atoms. The van der Waals surface area contributed by atoms with Gasteiger partial charge in [-0.1, -0.05) is 71.4 Å². The minimum atomic E-state index is -0.593. The van der Waals surface area contributed by atoms with Gasteiger partial charge < -0.3 is 18.7 Å². The normalized spacial score (nSPS) is 10.7. The number of nitrogens with zero attached hydrogens (tertiary/aromatic N) is 2. The summed E-state index contributed by atoms with van der Waals surface area (Å²) in [5.41, 5.74) is 3.76. The predicted molar refractivity (Wildman–Crippen MR) is 148 cm³/mol. The van der Waals surface area contributed by atoms with E-state index in [1.54, 1.807) is 45.0 Å². The molecule has 0 aliphatic carbocycles. The number of hydrogen-bond acceptors (Lipinski definition) is 7. The first-order valence-electron chi connectivity index (χ1n) is 12.6. The highest BCUT2D eigenvalue weighted by molar-refractivity contribution is 6.34. The van der Waals surface area contributed by atoms with E-state index in [1.165, 1.54) is 4.90 Å². The van der Waals surface area contributed by atoms with Gasteiger partial charge in [0.25, 0.3) is 0 Å². The van der Waals surface area contributed by atoms with Crippen molar-refractivity contribution in [3.05, 3.63) is 94.6 Å². The van der Waals surface area contributed by atoms with E-state index in [0.29, 0.717) is 45.8 Å². The van der Waals surface area contributed by atoms with Crippen molar-refractivity contribution in [2.45, 2.75) is 33.8 Å². The molecule has 0 saturated heterocycles. The van der Waals surface area contributed by atoms with E-state index >= 15 is 0 Å². The number of aromatic nitrogens is 1. The average Bonchev–Trinajstić information content (AvgIpc) is 3.31. The highest BCUT2D eigenvalue weighted by atomic mass is 35.5. The molecule has 0 spiro atoms. The van der Waals surface area contributed by atoms with Crippen LogP contribution in [0.15, 0.2) is 77.3 Å². The molecule has 1 amide bonds. The fourth-order valence-corrected chi connectivity index (χ4v) is 4.24. The van der Waals surface area contributed by atoms with Gasteiger partial charge in [-0.2, -0.15) is 0 Å². The number of halogens is 1. The van der Waals surface area contributed by atoms with E-state index in [-0.39, 0.29) is 25.6 Å². The van der Waals surface area contributed by atoms with E-state index in [4.69, 9.17) is 30.3 Å². The van der Waals surface area contributed by atoms with Crippen LogP contribution in [0.3, 0.4) is 0 Å². The minimum absolute atomic E-state index is 0.138. The van der Waals surface area contributed by atoms with E-state index in [0.717, 1.165) is 11.1 Å². The fourth-order valence-electron chi connectivity index (χ4n) is 4.02. The SMILES string of the molecule is CCOC(=O)Cc1ccccc1OCc1ccc(-c2onc(C)c2N(C(=O)OCC)c2ccccc2Cl)cc1. The second kappa shape index (κ2) is 13.0. The van der Waals surface area contributed by atoms with Gasteiger partial charge in [-0.25, -0.2) is 9.69 Å². The van der Waals surface area contributed by atoms with E-state index in [1.807, 2.05) is 48.5 Å². The lowest BCUT2D eigenvalue weighted by Crippen LogP contribution is -2.27. The van der Waals surface area contributed by atoms with Gasteiger partial charge in [0.15, 0.2) is 5.76 Å². The lowest BCUT2D eigenvalue weighted by Gasteiger charge is -2.23. The zero-order valence-corrected chi connectivity index (χ0v) is 22.7. The van der Waals surface area contributed by atoms with E-state index < -0.39 is 6.09 Å². The van der Waals surface area contributed by atoms with Crippen molar-refractivity contribution in [2.24, 2.45) is 0 Å². The van der Waals surface area contributed by atoms with Crippen molar-refractivity contribution in [3.63, 3.8) is 0 Å². The van der Waals surface area contributed by atoms with E-state index in [9.17, 15) is 9.59 Å². The Labute approximate surface area is 232 Å². The quantitative estimate of drug-likeness (QED) is 0.192. The number of anilines is 2. The number of para-hydroxylation sites is 2. The van der Waals surface area contributed by atoms with Crippen LogP contribution in [-0.4, -0.2) is 30.4 Å². The van der Waals surface area contributed by atoms with Gasteiger partial charge in [-0.05, 0) is 44.5 Å². The summed E-state index contributed by atoms with van der Waals surface area (Å²) in [7, 11) is 0. The zero-order chi connectivity index (χ0) is 27.8. The second-order valence-corrected chi connectivity index (χ2v) is 8.91. The minimum Gasteiger partial charge on any atom is -0.489 e. The molecular weight excluding hydrogens is 520 g/mol. The molecule has 3 aromatic carbocycles. The summed E-state index contributed by atoms with van der Waals surface area (Å²) in [6, 6.07) is 21.9. The van der Waals surface area contributed by atoms with Crippen LogP contribution in [0, 0.1) is 6.92 Å². The zero-order valence-electron chi connectivity index (χ0n) is 22.0. The molecule has 0 fully saturated rings. The maximum Gasteiger partial charge on any atom is 0.419 e. The number of amides is 1. The van der Waals surface area contributed by atoms with Crippen molar-refractivity contribution in [1.29, 1.82) is 0 Å². The maximum atomic E-state index is 13.1. The maximum absolute atomic E-state index is 13.1. The van der Waals surface area contributed by atoms with Crippen molar-refractivity contribution in [3.8, 4) is 17.1 Å². The van der Waals surface area contributed by atoms with Crippen molar-refractivity contribution < 1.29 is 28.3 Å². The summed E-state index contributed by atoms with van der Waals surface area (Å²) in [6.45, 7) is 6.07. The Morgan fingerprint density at radius 3 is 2.33 bits per heavy atom. The third-order valence-electron chi connectivity index (χ3n) is 5.82. The Morgan fingerprint density at radius 2 is 1.62 bits per heavy atom. The highest BCUT2D eigenvalue weighted by Crippen LogP contribution is 2.41. The third-order valence-corrected chi connectivity index (χ3v) is 6.14. The molecule has 0 unspecified atom stereocenters. The molecule has 39 heavy (non-hydrogen) atoms. The van der Waals surface area contributed by atoms with Crippen LogP contribution in [-0.2, 0) is 27.3 Å². The number of ether oxygens (including phenoxy) is 3. The number of benzene rings is 3. The van der Waals surface area contributed by atoms with Gasteiger partial charge in [0.05, 0.1) is 30.3 Å². The van der Waals surface area contributed by atoms with Gasteiger partial charge in [0, 0.05) is 11.1 Å². The molecule has 8 nitrogen and oxygen atoms in total. The molecule has 1 aromatic heterocycles. The molecule has 0 aliphatic heterocycles. The summed E-state index contributed by atoms with van der Waals surface area (Å²) in [4.78, 5) is 26.4. The lowest BCUT2D eigenvalue weighted by molar-refractivity contribution is -0.142. The van der Waals surface area contributed by atoms with Crippen molar-refractivity contribution in [2.75, 3.05) is 18.1 Å². The average molecular weight is 549 g/mol. The first-order chi connectivity index (χ1) is 18.9. The number of rotatable bonds is 10. The molecule has 0 radical (unpaired) electrons. The smallest absolute Gasteiger partial charge is 0.419 e.